The zero-order valence-corrected chi connectivity index (χ0v) is 17.4. The lowest BCUT2D eigenvalue weighted by molar-refractivity contribution is -0.140. The Balaban J connectivity index is 1.74. The molecule has 0 aliphatic heterocycles. The number of carboxylic acid groups (broad SMARTS) is 1. The van der Waals surface area contributed by atoms with E-state index in [1.54, 1.807) is 36.4 Å². The molecule has 3 aromatic rings. The first kappa shape index (κ1) is 21.4. The lowest BCUT2D eigenvalue weighted by Crippen LogP contribution is -2.26. The van der Waals surface area contributed by atoms with Crippen LogP contribution in [0.1, 0.15) is 22.3 Å². The van der Waals surface area contributed by atoms with Crippen LogP contribution in [0.3, 0.4) is 0 Å². The van der Waals surface area contributed by atoms with E-state index in [0.29, 0.717) is 5.56 Å². The Hall–Kier alpha value is -3.36. The fourth-order valence-electron chi connectivity index (χ4n) is 3.00. The number of aliphatic carboxylic acids is 1. The molecule has 1 atom stereocenters. The molecule has 1 N–H and O–H groups in total. The average molecular weight is 419 g/mol. The van der Waals surface area contributed by atoms with Gasteiger partial charge in [0.1, 0.15) is 0 Å². The number of hydrogen-bond acceptors (Lipinski definition) is 3. The Morgan fingerprint density at radius 3 is 1.93 bits per heavy atom. The van der Waals surface area contributed by atoms with Gasteiger partial charge in [-0.15, -0.1) is 0 Å². The molecule has 0 radical (unpaired) electrons. The van der Waals surface area contributed by atoms with Crippen LogP contribution in [0.5, 0.6) is 0 Å². The highest BCUT2D eigenvalue weighted by molar-refractivity contribution is 7.91. The van der Waals surface area contributed by atoms with Crippen molar-refractivity contribution in [2.75, 3.05) is 5.75 Å². The normalized spacial score (nSPS) is 11.9. The van der Waals surface area contributed by atoms with E-state index in [1.165, 1.54) is 12.1 Å². The Kier molecular flexibility index (Phi) is 6.71. The van der Waals surface area contributed by atoms with Crippen LogP contribution in [-0.2, 0) is 21.1 Å². The predicted octanol–water partition coefficient (Wildman–Crippen LogP) is 4.11. The van der Waals surface area contributed by atoms with E-state index in [4.69, 9.17) is 0 Å². The molecule has 3 rings (SSSR count). The lowest BCUT2D eigenvalue weighted by atomic mass is 10.0. The summed E-state index contributed by atoms with van der Waals surface area (Å²) >= 11 is 0. The summed E-state index contributed by atoms with van der Waals surface area (Å²) in [5, 5.41) is 9.50. The SMILES string of the molecule is Cc1ccc(C#Cc2ccc(S(=O)(=O)CC(Cc3ccccc3)C(=O)O)cc2)cc1. The summed E-state index contributed by atoms with van der Waals surface area (Å²) in [6.07, 6.45) is 0.162. The van der Waals surface area contributed by atoms with Crippen LogP contribution in [0.2, 0.25) is 0 Å². The first-order chi connectivity index (χ1) is 14.3. The second kappa shape index (κ2) is 9.43. The topological polar surface area (TPSA) is 71.4 Å². The van der Waals surface area contributed by atoms with Crippen molar-refractivity contribution in [1.82, 2.24) is 0 Å². The summed E-state index contributed by atoms with van der Waals surface area (Å²) in [6.45, 7) is 2.01. The maximum absolute atomic E-state index is 12.8. The third-order valence-electron chi connectivity index (χ3n) is 4.71. The molecule has 152 valence electrons. The van der Waals surface area contributed by atoms with Gasteiger partial charge < -0.3 is 5.11 Å². The quantitative estimate of drug-likeness (QED) is 0.612. The second-order valence-corrected chi connectivity index (χ2v) is 9.18. The van der Waals surface area contributed by atoms with Gasteiger partial charge >= 0.3 is 5.97 Å². The monoisotopic (exact) mass is 418 g/mol. The van der Waals surface area contributed by atoms with Crippen molar-refractivity contribution in [1.29, 1.82) is 0 Å². The van der Waals surface area contributed by atoms with Crippen molar-refractivity contribution in [3.63, 3.8) is 0 Å². The largest absolute Gasteiger partial charge is 0.481 e. The molecule has 0 fully saturated rings. The highest BCUT2D eigenvalue weighted by Gasteiger charge is 2.26. The zero-order chi connectivity index (χ0) is 21.6. The fraction of sp³-hybridized carbons (Fsp3) is 0.160. The molecular formula is C25H22O4S. The van der Waals surface area contributed by atoms with Crippen molar-refractivity contribution in [2.24, 2.45) is 5.92 Å². The highest BCUT2D eigenvalue weighted by Crippen LogP contribution is 2.18. The lowest BCUT2D eigenvalue weighted by Gasteiger charge is -2.13. The number of carbonyl (C=O) groups is 1. The number of hydrogen-bond donors (Lipinski definition) is 1. The zero-order valence-electron chi connectivity index (χ0n) is 16.6. The molecule has 1 unspecified atom stereocenters. The maximum atomic E-state index is 12.8. The van der Waals surface area contributed by atoms with Gasteiger partial charge in [-0.3, -0.25) is 4.79 Å². The number of aryl methyl sites for hydroxylation is 1. The summed E-state index contributed by atoms with van der Waals surface area (Å²) in [7, 11) is -3.74. The van der Waals surface area contributed by atoms with Gasteiger partial charge in [-0.25, -0.2) is 8.42 Å². The van der Waals surface area contributed by atoms with Crippen molar-refractivity contribution in [2.45, 2.75) is 18.2 Å². The Labute approximate surface area is 177 Å². The Morgan fingerprint density at radius 1 is 0.867 bits per heavy atom. The predicted molar refractivity (Wildman–Crippen MR) is 117 cm³/mol. The summed E-state index contributed by atoms with van der Waals surface area (Å²) in [6, 6.07) is 23.1. The van der Waals surface area contributed by atoms with Crippen LogP contribution in [0.25, 0.3) is 0 Å². The van der Waals surface area contributed by atoms with Crippen LogP contribution < -0.4 is 0 Å². The van der Waals surface area contributed by atoms with Crippen molar-refractivity contribution >= 4 is 15.8 Å². The van der Waals surface area contributed by atoms with Gasteiger partial charge in [0.05, 0.1) is 16.6 Å². The van der Waals surface area contributed by atoms with Crippen molar-refractivity contribution in [3.8, 4) is 11.8 Å². The van der Waals surface area contributed by atoms with E-state index in [0.717, 1.165) is 16.7 Å². The van der Waals surface area contributed by atoms with E-state index in [9.17, 15) is 18.3 Å². The molecule has 5 heteroatoms. The molecule has 0 aliphatic rings. The van der Waals surface area contributed by atoms with Crippen molar-refractivity contribution < 1.29 is 18.3 Å². The van der Waals surface area contributed by atoms with Crippen LogP contribution in [0.4, 0.5) is 0 Å². The van der Waals surface area contributed by atoms with Gasteiger partial charge in [-0.05, 0) is 55.3 Å². The molecule has 4 nitrogen and oxygen atoms in total. The van der Waals surface area contributed by atoms with Gasteiger partial charge in [0.2, 0.25) is 0 Å². The molecular weight excluding hydrogens is 396 g/mol. The number of benzene rings is 3. The highest BCUT2D eigenvalue weighted by atomic mass is 32.2. The van der Waals surface area contributed by atoms with Crippen LogP contribution in [-0.4, -0.2) is 25.2 Å². The molecule has 0 aliphatic carbocycles. The van der Waals surface area contributed by atoms with Gasteiger partial charge in [-0.2, -0.15) is 0 Å². The molecule has 0 heterocycles. The molecule has 0 spiro atoms. The van der Waals surface area contributed by atoms with E-state index >= 15 is 0 Å². The van der Waals surface area contributed by atoms with E-state index in [2.05, 4.69) is 11.8 Å². The van der Waals surface area contributed by atoms with E-state index < -0.39 is 27.5 Å². The maximum Gasteiger partial charge on any atom is 0.307 e. The van der Waals surface area contributed by atoms with Crippen LogP contribution in [0.15, 0.2) is 83.8 Å². The summed E-state index contributed by atoms with van der Waals surface area (Å²) in [5.41, 5.74) is 3.51. The van der Waals surface area contributed by atoms with Crippen LogP contribution in [0, 0.1) is 24.7 Å². The summed E-state index contributed by atoms with van der Waals surface area (Å²) in [4.78, 5) is 11.7. The Morgan fingerprint density at radius 2 is 1.40 bits per heavy atom. The molecule has 0 aromatic heterocycles. The fourth-order valence-corrected chi connectivity index (χ4v) is 4.54. The van der Waals surface area contributed by atoms with Gasteiger partial charge in [0.15, 0.2) is 9.84 Å². The minimum atomic E-state index is -3.74. The van der Waals surface area contributed by atoms with E-state index in [-0.39, 0.29) is 11.3 Å². The number of carboxylic acids is 1. The standard InChI is InChI=1S/C25H22O4S/c1-19-7-9-20(10-8-19)11-12-21-13-15-24(16-14-21)30(28,29)18-23(25(26)27)17-22-5-3-2-4-6-22/h2-10,13-16,23H,17-18H2,1H3,(H,26,27). The average Bonchev–Trinajstić information content (AvgIpc) is 2.74. The first-order valence-electron chi connectivity index (χ1n) is 9.52. The summed E-state index contributed by atoms with van der Waals surface area (Å²) in [5.74, 6) is 3.47. The molecule has 0 amide bonds. The number of sulfone groups is 1. The minimum Gasteiger partial charge on any atom is -0.481 e. The molecule has 3 aromatic carbocycles. The van der Waals surface area contributed by atoms with Gasteiger partial charge in [0.25, 0.3) is 0 Å². The van der Waals surface area contributed by atoms with Gasteiger partial charge in [0, 0.05) is 11.1 Å². The Bertz CT molecular complexity index is 1170. The third-order valence-corrected chi connectivity index (χ3v) is 6.54. The third kappa shape index (κ3) is 5.82. The molecule has 0 bridgehead atoms. The minimum absolute atomic E-state index is 0.0997. The smallest absolute Gasteiger partial charge is 0.307 e. The van der Waals surface area contributed by atoms with E-state index in [1.807, 2.05) is 37.3 Å². The molecule has 0 saturated carbocycles. The first-order valence-corrected chi connectivity index (χ1v) is 11.2. The van der Waals surface area contributed by atoms with Gasteiger partial charge in [-0.1, -0.05) is 59.9 Å². The number of rotatable bonds is 6. The molecule has 30 heavy (non-hydrogen) atoms. The second-order valence-electron chi connectivity index (χ2n) is 7.15. The van der Waals surface area contributed by atoms with Crippen molar-refractivity contribution in [3.05, 3.63) is 101 Å². The van der Waals surface area contributed by atoms with Crippen LogP contribution >= 0.6 is 0 Å². The molecule has 0 saturated heterocycles. The summed E-state index contributed by atoms with van der Waals surface area (Å²) < 4.78 is 25.5.